The number of carbonyl (C=O) groups excluding carboxylic acids is 1. The molecule has 174 valence electrons. The summed E-state index contributed by atoms with van der Waals surface area (Å²) < 4.78 is 5.81. The Morgan fingerprint density at radius 1 is 1.09 bits per heavy atom. The second-order valence-corrected chi connectivity index (χ2v) is 8.80. The monoisotopic (exact) mass is 475 g/mol. The van der Waals surface area contributed by atoms with Crippen LogP contribution in [-0.2, 0) is 6.54 Å². The van der Waals surface area contributed by atoms with Gasteiger partial charge in [0.2, 0.25) is 0 Å². The maximum atomic E-state index is 13.1. The highest BCUT2D eigenvalue weighted by atomic mass is 35.5. The molecule has 4 rings (SSSR count). The molecule has 34 heavy (non-hydrogen) atoms. The minimum Gasteiger partial charge on any atom is -0.454 e. The Hall–Kier alpha value is -3.60. The van der Waals surface area contributed by atoms with Gasteiger partial charge in [-0.2, -0.15) is 5.26 Å². The highest BCUT2D eigenvalue weighted by Crippen LogP contribution is 2.32. The summed E-state index contributed by atoms with van der Waals surface area (Å²) in [7, 11) is 4.07. The van der Waals surface area contributed by atoms with Crippen molar-refractivity contribution in [3.05, 3.63) is 82.5 Å². The van der Waals surface area contributed by atoms with Crippen LogP contribution in [0.5, 0.6) is 11.5 Å². The number of amides is 1. The smallest absolute Gasteiger partial charge is 0.254 e. The standard InChI is InChI=1S/C26H26ClN5O2/c1-30(2)18-19-7-10-25(29-17-19)31-11-13-32(14-12-31)26(33)20-8-9-24(22(27)15-20)34-23-6-4-3-5-21(23)16-28/h3-10,15,17H,11-14,18H2,1-2H3. The maximum Gasteiger partial charge on any atom is 0.254 e. The zero-order valence-corrected chi connectivity index (χ0v) is 20.0. The number of hydrogen-bond donors (Lipinski definition) is 0. The Morgan fingerprint density at radius 2 is 1.85 bits per heavy atom. The lowest BCUT2D eigenvalue weighted by Crippen LogP contribution is -2.49. The van der Waals surface area contributed by atoms with Crippen molar-refractivity contribution >= 4 is 23.3 Å². The second-order valence-electron chi connectivity index (χ2n) is 8.40. The quantitative estimate of drug-likeness (QED) is 0.525. The number of nitrogens with zero attached hydrogens (tertiary/aromatic N) is 5. The van der Waals surface area contributed by atoms with Crippen molar-refractivity contribution < 1.29 is 9.53 Å². The number of para-hydroxylation sites is 1. The van der Waals surface area contributed by atoms with Gasteiger partial charge in [0.25, 0.3) is 5.91 Å². The van der Waals surface area contributed by atoms with Gasteiger partial charge in [0.05, 0.1) is 10.6 Å². The molecular formula is C26H26ClN5O2. The van der Waals surface area contributed by atoms with Gasteiger partial charge < -0.3 is 19.4 Å². The third-order valence-corrected chi connectivity index (χ3v) is 5.90. The molecule has 3 aromatic rings. The first-order valence-electron chi connectivity index (χ1n) is 11.0. The van der Waals surface area contributed by atoms with Gasteiger partial charge in [-0.25, -0.2) is 4.98 Å². The van der Waals surface area contributed by atoms with Crippen molar-refractivity contribution in [2.45, 2.75) is 6.54 Å². The number of nitriles is 1. The van der Waals surface area contributed by atoms with Gasteiger partial charge in [0, 0.05) is 44.5 Å². The molecule has 1 aromatic heterocycles. The van der Waals surface area contributed by atoms with Crippen LogP contribution < -0.4 is 9.64 Å². The molecule has 1 amide bonds. The summed E-state index contributed by atoms with van der Waals surface area (Å²) in [6.07, 6.45) is 1.91. The third kappa shape index (κ3) is 5.48. The number of pyridine rings is 1. The van der Waals surface area contributed by atoms with Gasteiger partial charge >= 0.3 is 0 Å². The topological polar surface area (TPSA) is 72.7 Å². The normalized spacial score (nSPS) is 13.6. The molecule has 0 spiro atoms. The van der Waals surface area contributed by atoms with Crippen LogP contribution in [0, 0.1) is 11.3 Å². The number of benzene rings is 2. The predicted octanol–water partition coefficient (Wildman–Crippen LogP) is 4.42. The van der Waals surface area contributed by atoms with Gasteiger partial charge in [-0.3, -0.25) is 4.79 Å². The molecule has 7 nitrogen and oxygen atoms in total. The second kappa shape index (κ2) is 10.6. The minimum atomic E-state index is -0.0696. The van der Waals surface area contributed by atoms with Crippen LogP contribution in [0.15, 0.2) is 60.8 Å². The summed E-state index contributed by atoms with van der Waals surface area (Å²) in [6.45, 7) is 3.49. The summed E-state index contributed by atoms with van der Waals surface area (Å²) in [6, 6.07) is 18.2. The molecule has 0 atom stereocenters. The highest BCUT2D eigenvalue weighted by molar-refractivity contribution is 6.32. The van der Waals surface area contributed by atoms with Crippen LogP contribution in [0.25, 0.3) is 0 Å². The molecule has 0 aliphatic carbocycles. The van der Waals surface area contributed by atoms with E-state index >= 15 is 0 Å². The van der Waals surface area contributed by atoms with Crippen LogP contribution >= 0.6 is 11.6 Å². The van der Waals surface area contributed by atoms with Crippen molar-refractivity contribution in [2.75, 3.05) is 45.2 Å². The highest BCUT2D eigenvalue weighted by Gasteiger charge is 2.23. The van der Waals surface area contributed by atoms with Crippen molar-refractivity contribution in [3.63, 3.8) is 0 Å². The number of carbonyl (C=O) groups is 1. The first kappa shape index (κ1) is 23.6. The zero-order chi connectivity index (χ0) is 24.1. The molecule has 1 fully saturated rings. The van der Waals surface area contributed by atoms with Crippen molar-refractivity contribution in [2.24, 2.45) is 0 Å². The zero-order valence-electron chi connectivity index (χ0n) is 19.2. The molecule has 2 aromatic carbocycles. The van der Waals surface area contributed by atoms with Crippen LogP contribution in [0.3, 0.4) is 0 Å². The summed E-state index contributed by atoms with van der Waals surface area (Å²) in [5.41, 5.74) is 2.09. The lowest BCUT2D eigenvalue weighted by atomic mass is 10.1. The van der Waals surface area contributed by atoms with E-state index < -0.39 is 0 Å². The van der Waals surface area contributed by atoms with Crippen molar-refractivity contribution in [3.8, 4) is 17.6 Å². The van der Waals surface area contributed by atoms with E-state index in [-0.39, 0.29) is 5.91 Å². The fourth-order valence-electron chi connectivity index (χ4n) is 3.87. The Bertz CT molecular complexity index is 1200. The van der Waals surface area contributed by atoms with E-state index in [0.29, 0.717) is 53.8 Å². The maximum absolute atomic E-state index is 13.1. The molecule has 1 saturated heterocycles. The molecule has 1 aliphatic heterocycles. The lowest BCUT2D eigenvalue weighted by Gasteiger charge is -2.35. The Morgan fingerprint density at radius 3 is 2.50 bits per heavy atom. The number of halogens is 1. The van der Waals surface area contributed by atoms with E-state index in [9.17, 15) is 10.1 Å². The van der Waals surface area contributed by atoms with Crippen molar-refractivity contribution in [1.29, 1.82) is 5.26 Å². The summed E-state index contributed by atoms with van der Waals surface area (Å²) in [5, 5.41) is 9.56. The first-order chi connectivity index (χ1) is 16.4. The first-order valence-corrected chi connectivity index (χ1v) is 11.4. The van der Waals surface area contributed by atoms with Gasteiger partial charge in [0.1, 0.15) is 23.4 Å². The fourth-order valence-corrected chi connectivity index (χ4v) is 4.09. The Kier molecular flexibility index (Phi) is 7.31. The summed E-state index contributed by atoms with van der Waals surface area (Å²) in [4.78, 5) is 23.8. The molecule has 0 unspecified atom stereocenters. The molecular weight excluding hydrogens is 450 g/mol. The third-order valence-electron chi connectivity index (χ3n) is 5.61. The summed E-state index contributed by atoms with van der Waals surface area (Å²) in [5.74, 6) is 1.68. The number of hydrogen-bond acceptors (Lipinski definition) is 6. The average molecular weight is 476 g/mol. The Balaban J connectivity index is 1.37. The van der Waals surface area contributed by atoms with E-state index in [1.807, 2.05) is 31.3 Å². The molecule has 1 aliphatic rings. The summed E-state index contributed by atoms with van der Waals surface area (Å²) >= 11 is 6.41. The number of aromatic nitrogens is 1. The van der Waals surface area contributed by atoms with E-state index in [4.69, 9.17) is 16.3 Å². The number of piperazine rings is 1. The largest absolute Gasteiger partial charge is 0.454 e. The van der Waals surface area contributed by atoms with Crippen LogP contribution in [0.1, 0.15) is 21.5 Å². The van der Waals surface area contributed by atoms with E-state index in [1.165, 1.54) is 5.56 Å². The fraction of sp³-hybridized carbons (Fsp3) is 0.269. The number of anilines is 1. The number of ether oxygens (including phenoxy) is 1. The van der Waals surface area contributed by atoms with Crippen LogP contribution in [-0.4, -0.2) is 61.0 Å². The van der Waals surface area contributed by atoms with Gasteiger partial charge in [0.15, 0.2) is 0 Å². The van der Waals surface area contributed by atoms with Crippen LogP contribution in [0.4, 0.5) is 5.82 Å². The van der Waals surface area contributed by atoms with Crippen molar-refractivity contribution in [1.82, 2.24) is 14.8 Å². The SMILES string of the molecule is CN(C)Cc1ccc(N2CCN(C(=O)c3ccc(Oc4ccccc4C#N)c(Cl)c3)CC2)nc1. The minimum absolute atomic E-state index is 0.0696. The lowest BCUT2D eigenvalue weighted by molar-refractivity contribution is 0.0746. The van der Waals surface area contributed by atoms with Gasteiger partial charge in [-0.05, 0) is 56.1 Å². The Labute approximate surface area is 204 Å². The molecule has 0 bridgehead atoms. The average Bonchev–Trinajstić information content (AvgIpc) is 2.85. The van der Waals surface area contributed by atoms with Gasteiger partial charge in [-0.15, -0.1) is 0 Å². The predicted molar refractivity (Wildman–Crippen MR) is 132 cm³/mol. The molecule has 0 radical (unpaired) electrons. The molecule has 8 heteroatoms. The molecule has 0 saturated carbocycles. The number of rotatable bonds is 6. The molecule has 0 N–H and O–H groups in total. The van der Waals surface area contributed by atoms with Crippen LogP contribution in [0.2, 0.25) is 5.02 Å². The van der Waals surface area contributed by atoms with E-state index in [1.54, 1.807) is 42.5 Å². The van der Waals surface area contributed by atoms with Gasteiger partial charge in [-0.1, -0.05) is 29.8 Å². The van der Waals surface area contributed by atoms with E-state index in [0.717, 1.165) is 12.4 Å². The van der Waals surface area contributed by atoms with E-state index in [2.05, 4.69) is 26.9 Å². The molecule has 2 heterocycles.